The van der Waals surface area contributed by atoms with Crippen molar-refractivity contribution < 1.29 is 27.6 Å². The smallest absolute Gasteiger partial charge is 0.200 e. The number of benzene rings is 1. The van der Waals surface area contributed by atoms with Crippen LogP contribution in [0.25, 0.3) is 0 Å². The van der Waals surface area contributed by atoms with Gasteiger partial charge in [0.05, 0.1) is 12.3 Å². The Kier molecular flexibility index (Phi) is 7.50. The molecule has 0 bridgehead atoms. The lowest BCUT2D eigenvalue weighted by atomic mass is 9.94. The predicted molar refractivity (Wildman–Crippen MR) is 111 cm³/mol. The SMILES string of the molecule is CN/C(O)=C(\C(=N)C1CC1)C(=O)c1ccc(S(C)(=O)=O)c([S+]([O-])CCOC)c1C. The Labute approximate surface area is 174 Å². The van der Waals surface area contributed by atoms with E-state index in [0.29, 0.717) is 0 Å². The summed E-state index contributed by atoms with van der Waals surface area (Å²) in [7, 11) is -0.806. The summed E-state index contributed by atoms with van der Waals surface area (Å²) in [6.07, 6.45) is 2.55. The van der Waals surface area contributed by atoms with Gasteiger partial charge in [-0.3, -0.25) is 4.79 Å². The van der Waals surface area contributed by atoms with Crippen LogP contribution in [0.2, 0.25) is 0 Å². The Morgan fingerprint density at radius 2 is 2.03 bits per heavy atom. The van der Waals surface area contributed by atoms with Crippen LogP contribution < -0.4 is 5.32 Å². The molecular formula is C19H26N2O6S2. The number of allylic oxidation sites excluding steroid dienone is 1. The normalized spacial score (nSPS) is 16.2. The number of aliphatic hydroxyl groups excluding tert-OH is 1. The number of aliphatic hydroxyl groups is 1. The van der Waals surface area contributed by atoms with Crippen molar-refractivity contribution in [2.24, 2.45) is 5.92 Å². The molecule has 2 rings (SSSR count). The minimum Gasteiger partial charge on any atom is -0.611 e. The summed E-state index contributed by atoms with van der Waals surface area (Å²) in [6, 6.07) is 2.60. The molecule has 29 heavy (non-hydrogen) atoms. The van der Waals surface area contributed by atoms with Crippen LogP contribution >= 0.6 is 0 Å². The number of nitrogens with one attached hydrogen (secondary N) is 2. The maximum absolute atomic E-state index is 13.2. The first-order valence-corrected chi connectivity index (χ1v) is 12.2. The molecule has 0 aromatic heterocycles. The molecule has 0 radical (unpaired) electrons. The van der Waals surface area contributed by atoms with Gasteiger partial charge < -0.3 is 25.1 Å². The van der Waals surface area contributed by atoms with Gasteiger partial charge in [-0.1, -0.05) is 0 Å². The molecule has 1 aromatic carbocycles. The van der Waals surface area contributed by atoms with Crippen LogP contribution in [0, 0.1) is 18.3 Å². The van der Waals surface area contributed by atoms with Crippen molar-refractivity contribution in [2.45, 2.75) is 29.6 Å². The zero-order valence-corrected chi connectivity index (χ0v) is 18.5. The second-order valence-electron chi connectivity index (χ2n) is 6.87. The molecule has 1 unspecified atom stereocenters. The quantitative estimate of drug-likeness (QED) is 0.165. The Balaban J connectivity index is 2.63. The number of hydrogen-bond acceptors (Lipinski definition) is 8. The molecule has 1 atom stereocenters. The van der Waals surface area contributed by atoms with Crippen LogP contribution in [-0.4, -0.2) is 62.3 Å². The van der Waals surface area contributed by atoms with Gasteiger partial charge in [-0.25, -0.2) is 8.42 Å². The van der Waals surface area contributed by atoms with Gasteiger partial charge in [0, 0.05) is 37.5 Å². The zero-order valence-electron chi connectivity index (χ0n) is 16.9. The molecule has 3 N–H and O–H groups in total. The van der Waals surface area contributed by atoms with Crippen LogP contribution in [0.3, 0.4) is 0 Å². The maximum atomic E-state index is 13.2. The van der Waals surface area contributed by atoms with Gasteiger partial charge in [0.1, 0.15) is 16.2 Å². The zero-order chi connectivity index (χ0) is 21.9. The van der Waals surface area contributed by atoms with Crippen molar-refractivity contribution >= 4 is 32.5 Å². The van der Waals surface area contributed by atoms with Crippen LogP contribution in [0.4, 0.5) is 0 Å². The van der Waals surface area contributed by atoms with Crippen molar-refractivity contribution in [1.82, 2.24) is 5.32 Å². The maximum Gasteiger partial charge on any atom is 0.200 e. The number of ketones is 1. The number of sulfone groups is 1. The van der Waals surface area contributed by atoms with E-state index >= 15 is 0 Å². The summed E-state index contributed by atoms with van der Waals surface area (Å²) in [5, 5.41) is 21.0. The Morgan fingerprint density at radius 1 is 1.41 bits per heavy atom. The number of carbonyl (C=O) groups excluding carboxylic acids is 1. The highest BCUT2D eigenvalue weighted by Gasteiger charge is 2.36. The molecule has 10 heteroatoms. The number of rotatable bonds is 10. The number of hydrogen-bond donors (Lipinski definition) is 3. The van der Waals surface area contributed by atoms with E-state index in [9.17, 15) is 22.9 Å². The Morgan fingerprint density at radius 3 is 2.52 bits per heavy atom. The molecule has 8 nitrogen and oxygen atoms in total. The van der Waals surface area contributed by atoms with Crippen molar-refractivity contribution in [3.05, 3.63) is 34.7 Å². The van der Waals surface area contributed by atoms with E-state index in [0.717, 1.165) is 19.1 Å². The molecule has 0 saturated heterocycles. The third-order valence-electron chi connectivity index (χ3n) is 4.67. The van der Waals surface area contributed by atoms with E-state index in [-0.39, 0.29) is 50.5 Å². The first kappa shape index (κ1) is 23.4. The average molecular weight is 443 g/mol. The summed E-state index contributed by atoms with van der Waals surface area (Å²) in [6.45, 7) is 1.68. The van der Waals surface area contributed by atoms with Gasteiger partial charge in [0.15, 0.2) is 20.6 Å². The standard InChI is InChI=1S/C19H26N2O6S2/c1-11-13(17(22)15(19(23)21-2)16(20)12-5-6-12)7-8-14(29(4,25)26)18(11)28(24)10-9-27-3/h7-8,12,20-21,23H,5-6,9-10H2,1-4H3/b19-15-,20-16?. The van der Waals surface area contributed by atoms with Crippen molar-refractivity contribution in [3.8, 4) is 0 Å². The molecular weight excluding hydrogens is 416 g/mol. The third-order valence-corrected chi connectivity index (χ3v) is 7.46. The van der Waals surface area contributed by atoms with Crippen molar-refractivity contribution in [3.63, 3.8) is 0 Å². The average Bonchev–Trinajstić information content (AvgIpc) is 3.49. The molecule has 1 fully saturated rings. The minimum atomic E-state index is -3.69. The van der Waals surface area contributed by atoms with Crippen molar-refractivity contribution in [1.29, 1.82) is 5.41 Å². The van der Waals surface area contributed by atoms with E-state index in [1.54, 1.807) is 0 Å². The fraction of sp³-hybridized carbons (Fsp3) is 0.474. The van der Waals surface area contributed by atoms with E-state index in [4.69, 9.17) is 10.1 Å². The van der Waals surface area contributed by atoms with E-state index in [2.05, 4.69) is 5.32 Å². The summed E-state index contributed by atoms with van der Waals surface area (Å²) in [5.41, 5.74) is 0.229. The lowest BCUT2D eigenvalue weighted by Crippen LogP contribution is -2.24. The van der Waals surface area contributed by atoms with E-state index < -0.39 is 32.7 Å². The first-order chi connectivity index (χ1) is 13.5. The fourth-order valence-electron chi connectivity index (χ4n) is 2.94. The number of carbonyl (C=O) groups is 1. The van der Waals surface area contributed by atoms with Crippen LogP contribution in [0.15, 0.2) is 33.4 Å². The predicted octanol–water partition coefficient (Wildman–Crippen LogP) is 1.75. The van der Waals surface area contributed by atoms with Crippen LogP contribution in [0.5, 0.6) is 0 Å². The highest BCUT2D eigenvalue weighted by Crippen LogP contribution is 2.35. The molecule has 1 saturated carbocycles. The van der Waals surface area contributed by atoms with E-state index in [1.807, 2.05) is 0 Å². The summed E-state index contributed by atoms with van der Waals surface area (Å²) < 4.78 is 42.2. The fourth-order valence-corrected chi connectivity index (χ4v) is 5.75. The number of Topliss-reactive ketones (excluding diaryl/α,β-unsaturated/α-hetero) is 1. The van der Waals surface area contributed by atoms with Gasteiger partial charge in [0.25, 0.3) is 0 Å². The molecule has 0 heterocycles. The highest BCUT2D eigenvalue weighted by atomic mass is 32.2. The monoisotopic (exact) mass is 442 g/mol. The molecule has 1 aromatic rings. The summed E-state index contributed by atoms with van der Waals surface area (Å²) in [5.74, 6) is -1.05. The second-order valence-corrected chi connectivity index (χ2v) is 10.4. The Bertz CT molecular complexity index is 952. The molecule has 0 spiro atoms. The van der Waals surface area contributed by atoms with Gasteiger partial charge in [-0.2, -0.15) is 0 Å². The van der Waals surface area contributed by atoms with Gasteiger partial charge in [0.2, 0.25) is 5.78 Å². The first-order valence-electron chi connectivity index (χ1n) is 9.00. The molecule has 0 aliphatic heterocycles. The Hall–Kier alpha value is -1.88. The molecule has 1 aliphatic rings. The lowest BCUT2D eigenvalue weighted by molar-refractivity contribution is 0.103. The van der Waals surface area contributed by atoms with Gasteiger partial charge in [-0.05, 0) is 43.1 Å². The van der Waals surface area contributed by atoms with E-state index in [1.165, 1.54) is 33.2 Å². The summed E-state index contributed by atoms with van der Waals surface area (Å²) in [4.78, 5) is 13.2. The van der Waals surface area contributed by atoms with Crippen LogP contribution in [-0.2, 0) is 25.7 Å². The van der Waals surface area contributed by atoms with Crippen LogP contribution in [0.1, 0.15) is 28.8 Å². The molecule has 1 aliphatic carbocycles. The molecule has 160 valence electrons. The lowest BCUT2D eigenvalue weighted by Gasteiger charge is -2.18. The topological polar surface area (TPSA) is 140 Å². The van der Waals surface area contributed by atoms with Gasteiger partial charge in [-0.15, -0.1) is 0 Å². The third kappa shape index (κ3) is 5.19. The number of methoxy groups -OCH3 is 1. The molecule has 0 amide bonds. The minimum absolute atomic E-state index is 0.0375. The van der Waals surface area contributed by atoms with Gasteiger partial charge >= 0.3 is 0 Å². The second kappa shape index (κ2) is 9.29. The largest absolute Gasteiger partial charge is 0.611 e. The van der Waals surface area contributed by atoms with Crippen molar-refractivity contribution in [2.75, 3.05) is 32.8 Å². The number of ether oxygens (including phenoxy) is 1. The highest BCUT2D eigenvalue weighted by molar-refractivity contribution is 7.94. The summed E-state index contributed by atoms with van der Waals surface area (Å²) >= 11 is -1.72.